The fraction of sp³-hybridized carbons (Fsp3) is 0.182. The van der Waals surface area contributed by atoms with Gasteiger partial charge in [-0.15, -0.1) is 0 Å². The SMILES string of the molecule is C=C(C)C(=O)O.C=C(C)C(=O)O.CCO.c1ccccc1.c1ccccc1. The van der Waals surface area contributed by atoms with Crippen molar-refractivity contribution in [2.45, 2.75) is 20.8 Å². The van der Waals surface area contributed by atoms with Gasteiger partial charge in [-0.3, -0.25) is 0 Å². The lowest BCUT2D eigenvalue weighted by Gasteiger charge is -1.79. The molecule has 0 fully saturated rings. The van der Waals surface area contributed by atoms with E-state index in [0.29, 0.717) is 0 Å². The molecule has 0 saturated carbocycles. The molecule has 0 aliphatic rings. The van der Waals surface area contributed by atoms with Gasteiger partial charge < -0.3 is 15.3 Å². The summed E-state index contributed by atoms with van der Waals surface area (Å²) in [6, 6.07) is 24.0. The van der Waals surface area contributed by atoms with Crippen LogP contribution in [-0.2, 0) is 9.59 Å². The molecule has 27 heavy (non-hydrogen) atoms. The first-order valence-electron chi connectivity index (χ1n) is 8.09. The molecule has 2 rings (SSSR count). The summed E-state index contributed by atoms with van der Waals surface area (Å²) in [5.41, 5.74) is 0.352. The maximum atomic E-state index is 9.60. The van der Waals surface area contributed by atoms with Gasteiger partial charge in [0.1, 0.15) is 0 Å². The molecule has 2 aromatic carbocycles. The number of rotatable bonds is 2. The van der Waals surface area contributed by atoms with E-state index in [4.69, 9.17) is 15.3 Å². The van der Waals surface area contributed by atoms with Crippen LogP contribution in [0.2, 0.25) is 0 Å². The highest BCUT2D eigenvalue weighted by molar-refractivity contribution is 5.85. The zero-order chi connectivity index (χ0) is 21.5. The first-order chi connectivity index (χ1) is 12.7. The summed E-state index contributed by atoms with van der Waals surface area (Å²) in [7, 11) is 0. The Balaban J connectivity index is -0.000000271. The molecule has 5 nitrogen and oxygen atoms in total. The smallest absolute Gasteiger partial charge is 0.330 e. The summed E-state index contributed by atoms with van der Waals surface area (Å²) >= 11 is 0. The second-order valence-corrected chi connectivity index (χ2v) is 4.80. The van der Waals surface area contributed by atoms with Crippen molar-refractivity contribution in [2.24, 2.45) is 0 Å². The number of aliphatic carboxylic acids is 2. The summed E-state index contributed by atoms with van der Waals surface area (Å²) in [6.07, 6.45) is 0. The standard InChI is InChI=1S/2C6H6.2C4H6O2.C2H6O/c2*1-2-4-6-5-3-1;2*1-3(2)4(5)6;1-2-3/h2*1-6H;2*1H2,2H3,(H,5,6);3H,2H2,1H3. The van der Waals surface area contributed by atoms with Crippen molar-refractivity contribution in [3.05, 3.63) is 97.1 Å². The third-order valence-corrected chi connectivity index (χ3v) is 2.06. The zero-order valence-electron chi connectivity index (χ0n) is 16.2. The molecule has 0 spiro atoms. The van der Waals surface area contributed by atoms with Gasteiger partial charge in [0.05, 0.1) is 0 Å². The summed E-state index contributed by atoms with van der Waals surface area (Å²) in [5, 5.41) is 23.4. The van der Waals surface area contributed by atoms with Gasteiger partial charge in [0.2, 0.25) is 0 Å². The van der Waals surface area contributed by atoms with E-state index in [2.05, 4.69) is 13.2 Å². The quantitative estimate of drug-likeness (QED) is 0.664. The highest BCUT2D eigenvalue weighted by atomic mass is 16.4. The minimum atomic E-state index is -0.935. The van der Waals surface area contributed by atoms with Crippen molar-refractivity contribution in [1.29, 1.82) is 0 Å². The fourth-order valence-electron chi connectivity index (χ4n) is 0.770. The van der Waals surface area contributed by atoms with Crippen molar-refractivity contribution < 1.29 is 24.9 Å². The number of carbonyl (C=O) groups is 2. The predicted octanol–water partition coefficient (Wildman–Crippen LogP) is 4.67. The van der Waals surface area contributed by atoms with Gasteiger partial charge in [-0.25, -0.2) is 9.59 Å². The maximum Gasteiger partial charge on any atom is 0.330 e. The summed E-state index contributed by atoms with van der Waals surface area (Å²) < 4.78 is 0. The van der Waals surface area contributed by atoms with Crippen LogP contribution in [0.3, 0.4) is 0 Å². The summed E-state index contributed by atoms with van der Waals surface area (Å²) in [5.74, 6) is -1.87. The van der Waals surface area contributed by atoms with Crippen molar-refractivity contribution in [1.82, 2.24) is 0 Å². The maximum absolute atomic E-state index is 9.60. The van der Waals surface area contributed by atoms with E-state index in [-0.39, 0.29) is 17.8 Å². The molecule has 0 radical (unpaired) electrons. The highest BCUT2D eigenvalue weighted by Crippen LogP contribution is 1.82. The van der Waals surface area contributed by atoms with Crippen LogP contribution in [0.1, 0.15) is 20.8 Å². The predicted molar refractivity (Wildman–Crippen MR) is 111 cm³/mol. The van der Waals surface area contributed by atoms with Gasteiger partial charge >= 0.3 is 11.9 Å². The third kappa shape index (κ3) is 35.0. The number of benzene rings is 2. The van der Waals surface area contributed by atoms with Crippen molar-refractivity contribution in [3.63, 3.8) is 0 Å². The number of aliphatic hydroxyl groups is 1. The van der Waals surface area contributed by atoms with Gasteiger partial charge in [0.15, 0.2) is 0 Å². The second kappa shape index (κ2) is 22.8. The summed E-state index contributed by atoms with van der Waals surface area (Å²) in [6.45, 7) is 11.1. The zero-order valence-corrected chi connectivity index (χ0v) is 16.2. The van der Waals surface area contributed by atoms with Crippen LogP contribution in [0.4, 0.5) is 0 Å². The molecule has 0 bridgehead atoms. The Morgan fingerprint density at radius 2 is 0.704 bits per heavy atom. The molecule has 0 aromatic heterocycles. The van der Waals surface area contributed by atoms with Crippen LogP contribution in [0.15, 0.2) is 97.1 Å². The molecule has 5 heteroatoms. The van der Waals surface area contributed by atoms with Gasteiger partial charge in [0.25, 0.3) is 0 Å². The largest absolute Gasteiger partial charge is 0.478 e. The summed E-state index contributed by atoms with van der Waals surface area (Å²) in [4.78, 5) is 19.2. The van der Waals surface area contributed by atoms with E-state index >= 15 is 0 Å². The third-order valence-electron chi connectivity index (χ3n) is 2.06. The monoisotopic (exact) mass is 374 g/mol. The number of hydrogen-bond donors (Lipinski definition) is 3. The molecule has 0 heterocycles. The topological polar surface area (TPSA) is 94.8 Å². The molecule has 2 aromatic rings. The lowest BCUT2D eigenvalue weighted by molar-refractivity contribution is -0.133. The average molecular weight is 374 g/mol. The van der Waals surface area contributed by atoms with E-state index in [1.807, 2.05) is 72.8 Å². The number of hydrogen-bond acceptors (Lipinski definition) is 3. The minimum absolute atomic E-state index is 0.176. The van der Waals surface area contributed by atoms with Gasteiger partial charge in [-0.05, 0) is 20.8 Å². The Hall–Kier alpha value is -3.18. The van der Waals surface area contributed by atoms with Gasteiger partial charge in [0, 0.05) is 17.8 Å². The molecule has 0 unspecified atom stereocenters. The number of aliphatic hydroxyl groups excluding tert-OH is 1. The molecule has 0 aliphatic heterocycles. The van der Waals surface area contributed by atoms with Gasteiger partial charge in [-0.1, -0.05) is 86.0 Å². The average Bonchev–Trinajstić information content (AvgIpc) is 2.66. The second-order valence-electron chi connectivity index (χ2n) is 4.80. The van der Waals surface area contributed by atoms with Crippen LogP contribution < -0.4 is 0 Å². The molecule has 0 amide bonds. The fourth-order valence-corrected chi connectivity index (χ4v) is 0.770. The lowest BCUT2D eigenvalue weighted by Crippen LogP contribution is -1.92. The van der Waals surface area contributed by atoms with Crippen molar-refractivity contribution in [2.75, 3.05) is 6.61 Å². The highest BCUT2D eigenvalue weighted by Gasteiger charge is 1.90. The lowest BCUT2D eigenvalue weighted by atomic mass is 10.4. The van der Waals surface area contributed by atoms with E-state index in [1.165, 1.54) is 13.8 Å². The minimum Gasteiger partial charge on any atom is -0.478 e. The van der Waals surface area contributed by atoms with E-state index in [1.54, 1.807) is 6.92 Å². The molecule has 0 atom stereocenters. The first kappa shape index (κ1) is 28.6. The number of carboxylic acid groups (broad SMARTS) is 2. The van der Waals surface area contributed by atoms with Crippen molar-refractivity contribution >= 4 is 11.9 Å². The first-order valence-corrected chi connectivity index (χ1v) is 8.09. The Labute approximate surface area is 161 Å². The Kier molecular flexibility index (Phi) is 24.2. The van der Waals surface area contributed by atoms with Crippen molar-refractivity contribution in [3.8, 4) is 0 Å². The molecule has 148 valence electrons. The molecular weight excluding hydrogens is 344 g/mol. The van der Waals surface area contributed by atoms with E-state index in [9.17, 15) is 9.59 Å². The molecule has 3 N–H and O–H groups in total. The Morgan fingerprint density at radius 3 is 0.741 bits per heavy atom. The van der Waals surface area contributed by atoms with E-state index < -0.39 is 11.9 Å². The van der Waals surface area contributed by atoms with Crippen LogP contribution in [-0.4, -0.2) is 33.9 Å². The number of carboxylic acids is 2. The van der Waals surface area contributed by atoms with E-state index in [0.717, 1.165) is 0 Å². The molecule has 0 saturated heterocycles. The van der Waals surface area contributed by atoms with Crippen LogP contribution in [0.5, 0.6) is 0 Å². The molecule has 0 aliphatic carbocycles. The Bertz CT molecular complexity index is 474. The van der Waals surface area contributed by atoms with Gasteiger partial charge in [-0.2, -0.15) is 0 Å². The van der Waals surface area contributed by atoms with Crippen LogP contribution in [0, 0.1) is 0 Å². The van der Waals surface area contributed by atoms with Crippen LogP contribution >= 0.6 is 0 Å². The normalized spacial score (nSPS) is 7.56. The Morgan fingerprint density at radius 1 is 0.630 bits per heavy atom. The molecular formula is C22H30O5. The van der Waals surface area contributed by atoms with Crippen LogP contribution in [0.25, 0.3) is 0 Å².